The Bertz CT molecular complexity index is 152. The molecule has 2 heteroatoms. The summed E-state index contributed by atoms with van der Waals surface area (Å²) >= 11 is 0. The van der Waals surface area contributed by atoms with Gasteiger partial charge in [-0.25, -0.2) is 0 Å². The van der Waals surface area contributed by atoms with Crippen LogP contribution >= 0.6 is 0 Å². The van der Waals surface area contributed by atoms with Gasteiger partial charge >= 0.3 is 0 Å². The van der Waals surface area contributed by atoms with E-state index >= 15 is 0 Å². The molecule has 70 valence electrons. The minimum absolute atomic E-state index is 0.0784. The number of hydrogen-bond donors (Lipinski definition) is 1. The molecule has 0 aromatic rings. The zero-order valence-electron chi connectivity index (χ0n) is 7.75. The van der Waals surface area contributed by atoms with Crippen LogP contribution in [0, 0.1) is 5.92 Å². The summed E-state index contributed by atoms with van der Waals surface area (Å²) in [6, 6.07) is 0. The summed E-state index contributed by atoms with van der Waals surface area (Å²) in [6.45, 7) is 1.73. The van der Waals surface area contributed by atoms with Crippen molar-refractivity contribution in [2.24, 2.45) is 5.92 Å². The maximum absolute atomic E-state index is 11.4. The highest BCUT2D eigenvalue weighted by atomic mass is 16.3. The lowest BCUT2D eigenvalue weighted by Gasteiger charge is -2.20. The van der Waals surface area contributed by atoms with Crippen LogP contribution < -0.4 is 0 Å². The molecule has 1 N–H and O–H groups in total. The van der Waals surface area contributed by atoms with E-state index in [0.29, 0.717) is 6.42 Å². The Hall–Kier alpha value is -0.370. The molecule has 0 bridgehead atoms. The van der Waals surface area contributed by atoms with Gasteiger partial charge in [0.1, 0.15) is 5.78 Å². The summed E-state index contributed by atoms with van der Waals surface area (Å²) in [4.78, 5) is 11.4. The molecule has 2 nitrogen and oxygen atoms in total. The van der Waals surface area contributed by atoms with Crippen molar-refractivity contribution in [3.63, 3.8) is 0 Å². The zero-order valence-corrected chi connectivity index (χ0v) is 7.75. The van der Waals surface area contributed by atoms with Gasteiger partial charge in [-0.15, -0.1) is 0 Å². The highest BCUT2D eigenvalue weighted by Gasteiger charge is 2.23. The van der Waals surface area contributed by atoms with Gasteiger partial charge in [-0.05, 0) is 19.8 Å². The fraction of sp³-hybridized carbons (Fsp3) is 0.900. The average Bonchev–Trinajstić information content (AvgIpc) is 1.96. The standard InChI is InChI=1S/C10H18O2/c1-8(11)9-6-4-2-3-5-7-10(9)12/h8-9,11H,2-7H2,1H3. The molecular formula is C10H18O2. The van der Waals surface area contributed by atoms with Gasteiger partial charge < -0.3 is 5.11 Å². The molecule has 1 aliphatic carbocycles. The molecular weight excluding hydrogens is 152 g/mol. The molecule has 1 aliphatic rings. The van der Waals surface area contributed by atoms with E-state index in [9.17, 15) is 9.90 Å². The Morgan fingerprint density at radius 3 is 2.67 bits per heavy atom. The molecule has 0 amide bonds. The summed E-state index contributed by atoms with van der Waals surface area (Å²) < 4.78 is 0. The minimum atomic E-state index is -0.449. The predicted octanol–water partition coefficient (Wildman–Crippen LogP) is 1.91. The van der Waals surface area contributed by atoms with Crippen molar-refractivity contribution >= 4 is 5.78 Å². The number of ketones is 1. The molecule has 0 heterocycles. The predicted molar refractivity (Wildman–Crippen MR) is 47.9 cm³/mol. The van der Waals surface area contributed by atoms with E-state index in [1.165, 1.54) is 12.8 Å². The van der Waals surface area contributed by atoms with Crippen molar-refractivity contribution in [3.05, 3.63) is 0 Å². The van der Waals surface area contributed by atoms with Crippen molar-refractivity contribution in [2.75, 3.05) is 0 Å². The summed E-state index contributed by atoms with van der Waals surface area (Å²) in [5, 5.41) is 9.34. The van der Waals surface area contributed by atoms with E-state index in [-0.39, 0.29) is 11.7 Å². The van der Waals surface area contributed by atoms with E-state index in [1.807, 2.05) is 0 Å². The summed E-state index contributed by atoms with van der Waals surface area (Å²) in [7, 11) is 0. The smallest absolute Gasteiger partial charge is 0.138 e. The van der Waals surface area contributed by atoms with E-state index in [4.69, 9.17) is 0 Å². The topological polar surface area (TPSA) is 37.3 Å². The molecule has 0 radical (unpaired) electrons. The lowest BCUT2D eigenvalue weighted by Crippen LogP contribution is -2.26. The molecule has 0 aliphatic heterocycles. The second kappa shape index (κ2) is 4.61. The third-order valence-electron chi connectivity index (χ3n) is 2.68. The summed E-state index contributed by atoms with van der Waals surface area (Å²) in [5.41, 5.74) is 0. The fourth-order valence-corrected chi connectivity index (χ4v) is 1.87. The Morgan fingerprint density at radius 1 is 1.33 bits per heavy atom. The van der Waals surface area contributed by atoms with Crippen LogP contribution in [0.15, 0.2) is 0 Å². The van der Waals surface area contributed by atoms with Crippen molar-refractivity contribution in [3.8, 4) is 0 Å². The Labute approximate surface area is 74.0 Å². The maximum atomic E-state index is 11.4. The first-order chi connectivity index (χ1) is 5.72. The van der Waals surface area contributed by atoms with Crippen LogP contribution in [0.1, 0.15) is 45.4 Å². The van der Waals surface area contributed by atoms with E-state index < -0.39 is 6.10 Å². The van der Waals surface area contributed by atoms with Crippen molar-refractivity contribution < 1.29 is 9.90 Å². The minimum Gasteiger partial charge on any atom is -0.393 e. The van der Waals surface area contributed by atoms with Gasteiger partial charge in [0.15, 0.2) is 0 Å². The van der Waals surface area contributed by atoms with Crippen LogP contribution in [0.3, 0.4) is 0 Å². The van der Waals surface area contributed by atoms with Gasteiger partial charge in [0, 0.05) is 12.3 Å². The Kier molecular flexibility index (Phi) is 3.73. The normalized spacial score (nSPS) is 29.2. The molecule has 0 aromatic carbocycles. The second-order valence-corrected chi connectivity index (χ2v) is 3.77. The van der Waals surface area contributed by atoms with Crippen LogP contribution in [0.4, 0.5) is 0 Å². The monoisotopic (exact) mass is 170 g/mol. The van der Waals surface area contributed by atoms with Crippen molar-refractivity contribution in [1.82, 2.24) is 0 Å². The Morgan fingerprint density at radius 2 is 2.00 bits per heavy atom. The number of carbonyl (C=O) groups is 1. The largest absolute Gasteiger partial charge is 0.393 e. The van der Waals surface area contributed by atoms with Crippen LogP contribution in [-0.4, -0.2) is 17.0 Å². The lowest BCUT2D eigenvalue weighted by molar-refractivity contribution is -0.126. The molecule has 1 saturated carbocycles. The molecule has 2 unspecified atom stereocenters. The third kappa shape index (κ3) is 2.59. The molecule has 1 rings (SSSR count). The average molecular weight is 170 g/mol. The molecule has 1 fully saturated rings. The molecule has 0 saturated heterocycles. The fourth-order valence-electron chi connectivity index (χ4n) is 1.87. The van der Waals surface area contributed by atoms with Gasteiger partial charge in [0.25, 0.3) is 0 Å². The second-order valence-electron chi connectivity index (χ2n) is 3.77. The molecule has 0 spiro atoms. The number of aliphatic hydroxyl groups excluding tert-OH is 1. The molecule has 12 heavy (non-hydrogen) atoms. The van der Waals surface area contributed by atoms with Gasteiger partial charge in [-0.3, -0.25) is 4.79 Å². The van der Waals surface area contributed by atoms with Crippen LogP contribution in [0.25, 0.3) is 0 Å². The molecule has 2 atom stereocenters. The highest BCUT2D eigenvalue weighted by molar-refractivity contribution is 5.81. The van der Waals surface area contributed by atoms with Gasteiger partial charge in [-0.2, -0.15) is 0 Å². The van der Waals surface area contributed by atoms with Crippen molar-refractivity contribution in [2.45, 2.75) is 51.6 Å². The number of aliphatic hydroxyl groups is 1. The first-order valence-corrected chi connectivity index (χ1v) is 4.92. The van der Waals surface area contributed by atoms with Gasteiger partial charge in [0.05, 0.1) is 6.10 Å². The number of Topliss-reactive ketones (excluding diaryl/α,β-unsaturated/α-hetero) is 1. The number of rotatable bonds is 1. The zero-order chi connectivity index (χ0) is 8.97. The Balaban J connectivity index is 2.49. The van der Waals surface area contributed by atoms with Crippen molar-refractivity contribution in [1.29, 1.82) is 0 Å². The number of carbonyl (C=O) groups excluding carboxylic acids is 1. The van der Waals surface area contributed by atoms with Crippen LogP contribution in [-0.2, 0) is 4.79 Å². The molecule has 0 aromatic heterocycles. The van der Waals surface area contributed by atoms with Crippen LogP contribution in [0.2, 0.25) is 0 Å². The first kappa shape index (κ1) is 9.72. The summed E-state index contributed by atoms with van der Waals surface area (Å²) in [5.74, 6) is 0.190. The quantitative estimate of drug-likeness (QED) is 0.652. The van der Waals surface area contributed by atoms with E-state index in [0.717, 1.165) is 19.3 Å². The highest BCUT2D eigenvalue weighted by Crippen LogP contribution is 2.21. The van der Waals surface area contributed by atoms with Gasteiger partial charge in [-0.1, -0.05) is 19.3 Å². The lowest BCUT2D eigenvalue weighted by atomic mass is 9.87. The maximum Gasteiger partial charge on any atom is 0.138 e. The van der Waals surface area contributed by atoms with Gasteiger partial charge in [0.2, 0.25) is 0 Å². The summed E-state index contributed by atoms with van der Waals surface area (Å²) in [6.07, 6.45) is 5.63. The first-order valence-electron chi connectivity index (χ1n) is 4.92. The number of hydrogen-bond acceptors (Lipinski definition) is 2. The van der Waals surface area contributed by atoms with E-state index in [1.54, 1.807) is 6.92 Å². The SMILES string of the molecule is CC(O)C1CCCCCCC1=O. The van der Waals surface area contributed by atoms with Crippen LogP contribution in [0.5, 0.6) is 0 Å². The third-order valence-corrected chi connectivity index (χ3v) is 2.68. The van der Waals surface area contributed by atoms with E-state index in [2.05, 4.69) is 0 Å².